The van der Waals surface area contributed by atoms with Crippen LogP contribution in [0.25, 0.3) is 0 Å². The van der Waals surface area contributed by atoms with E-state index >= 15 is 0 Å². The summed E-state index contributed by atoms with van der Waals surface area (Å²) in [6, 6.07) is 0. The van der Waals surface area contributed by atoms with E-state index in [2.05, 4.69) is 4.74 Å². The Kier molecular flexibility index (Phi) is 6.49. The summed E-state index contributed by atoms with van der Waals surface area (Å²) in [4.78, 5) is 10.7. The molecule has 0 unspecified atom stereocenters. The first-order valence-electron chi connectivity index (χ1n) is 4.71. The molecule has 0 aromatic carbocycles. The van der Waals surface area contributed by atoms with Crippen molar-refractivity contribution in [3.05, 3.63) is 0 Å². The van der Waals surface area contributed by atoms with Gasteiger partial charge >= 0.3 is 5.97 Å². The summed E-state index contributed by atoms with van der Waals surface area (Å²) in [5.41, 5.74) is -0.161. The Labute approximate surface area is 85.5 Å². The lowest BCUT2D eigenvalue weighted by Crippen LogP contribution is -2.24. The van der Waals surface area contributed by atoms with Crippen LogP contribution >= 0.6 is 0 Å². The van der Waals surface area contributed by atoms with Gasteiger partial charge in [0.1, 0.15) is 0 Å². The molecule has 0 amide bonds. The molecule has 0 aliphatic carbocycles. The van der Waals surface area contributed by atoms with Gasteiger partial charge < -0.3 is 14.2 Å². The van der Waals surface area contributed by atoms with E-state index in [-0.39, 0.29) is 11.6 Å². The first-order valence-corrected chi connectivity index (χ1v) is 4.71. The molecule has 0 aromatic rings. The summed E-state index contributed by atoms with van der Waals surface area (Å²) in [6.07, 6.45) is 1.12. The molecule has 0 saturated heterocycles. The number of hydrogen-bond donors (Lipinski definition) is 0. The Balaban J connectivity index is 3.34. The Bertz CT molecular complexity index is 166. The van der Waals surface area contributed by atoms with Crippen molar-refractivity contribution in [2.45, 2.75) is 32.3 Å². The predicted molar refractivity (Wildman–Crippen MR) is 53.2 cm³/mol. The van der Waals surface area contributed by atoms with E-state index in [1.807, 2.05) is 13.8 Å². The highest BCUT2D eigenvalue weighted by atomic mass is 16.5. The molecule has 14 heavy (non-hydrogen) atoms. The van der Waals surface area contributed by atoms with Gasteiger partial charge in [0.25, 0.3) is 0 Å². The van der Waals surface area contributed by atoms with Gasteiger partial charge in [-0.25, -0.2) is 0 Å². The average molecular weight is 204 g/mol. The number of carbonyl (C=O) groups excluding carboxylic acids is 1. The third kappa shape index (κ3) is 6.86. The van der Waals surface area contributed by atoms with Crippen LogP contribution in [-0.4, -0.2) is 39.0 Å². The number of methoxy groups -OCH3 is 2. The third-order valence-electron chi connectivity index (χ3n) is 2.08. The van der Waals surface area contributed by atoms with Crippen molar-refractivity contribution in [2.75, 3.05) is 27.4 Å². The number of esters is 1. The maximum Gasteiger partial charge on any atom is 0.307 e. The SMILES string of the molecule is COC(=O)CCOCCC(C)(C)OC. The summed E-state index contributed by atoms with van der Waals surface area (Å²) >= 11 is 0. The summed E-state index contributed by atoms with van der Waals surface area (Å²) in [6.45, 7) is 5.00. The predicted octanol–water partition coefficient (Wildman–Crippen LogP) is 1.38. The average Bonchev–Trinajstić information content (AvgIpc) is 2.17. The molecule has 0 N–H and O–H groups in total. The Morgan fingerprint density at radius 3 is 2.36 bits per heavy atom. The topological polar surface area (TPSA) is 44.8 Å². The number of carbonyl (C=O) groups is 1. The van der Waals surface area contributed by atoms with Crippen LogP contribution in [0.1, 0.15) is 26.7 Å². The lowest BCUT2D eigenvalue weighted by molar-refractivity contribution is -0.141. The zero-order chi connectivity index (χ0) is 11.0. The Hall–Kier alpha value is -0.610. The maximum atomic E-state index is 10.7. The highest BCUT2D eigenvalue weighted by molar-refractivity contribution is 5.69. The lowest BCUT2D eigenvalue weighted by Gasteiger charge is -2.22. The monoisotopic (exact) mass is 204 g/mol. The van der Waals surface area contributed by atoms with Crippen LogP contribution in [0.5, 0.6) is 0 Å². The van der Waals surface area contributed by atoms with Gasteiger partial charge in [-0.1, -0.05) is 0 Å². The maximum absolute atomic E-state index is 10.7. The fourth-order valence-corrected chi connectivity index (χ4v) is 0.780. The van der Waals surface area contributed by atoms with Crippen molar-refractivity contribution in [1.82, 2.24) is 0 Å². The van der Waals surface area contributed by atoms with Crippen molar-refractivity contribution in [3.8, 4) is 0 Å². The molecule has 0 heterocycles. The van der Waals surface area contributed by atoms with Gasteiger partial charge in [-0.2, -0.15) is 0 Å². The first-order chi connectivity index (χ1) is 6.52. The molecule has 4 nitrogen and oxygen atoms in total. The van der Waals surface area contributed by atoms with Gasteiger partial charge in [0.15, 0.2) is 0 Å². The molecule has 0 spiro atoms. The molecule has 0 aliphatic rings. The molecule has 0 atom stereocenters. The van der Waals surface area contributed by atoms with Crippen LogP contribution in [0.15, 0.2) is 0 Å². The van der Waals surface area contributed by atoms with E-state index < -0.39 is 0 Å². The molecule has 0 bridgehead atoms. The van der Waals surface area contributed by atoms with Crippen LogP contribution in [0.2, 0.25) is 0 Å². The molecule has 0 radical (unpaired) electrons. The molecule has 0 saturated carbocycles. The number of rotatable bonds is 7. The van der Waals surface area contributed by atoms with Gasteiger partial charge in [0.05, 0.1) is 25.7 Å². The van der Waals surface area contributed by atoms with Crippen molar-refractivity contribution in [2.24, 2.45) is 0 Å². The summed E-state index contributed by atoms with van der Waals surface area (Å²) in [5, 5.41) is 0. The van der Waals surface area contributed by atoms with Gasteiger partial charge in [-0.15, -0.1) is 0 Å². The molecule has 4 heteroatoms. The van der Waals surface area contributed by atoms with E-state index in [1.54, 1.807) is 7.11 Å². The largest absolute Gasteiger partial charge is 0.469 e. The van der Waals surface area contributed by atoms with Crippen LogP contribution in [0.4, 0.5) is 0 Å². The van der Waals surface area contributed by atoms with Gasteiger partial charge in [0, 0.05) is 13.7 Å². The van der Waals surface area contributed by atoms with Gasteiger partial charge in [-0.05, 0) is 20.3 Å². The molecule has 0 rings (SSSR count). The minimum Gasteiger partial charge on any atom is -0.469 e. The van der Waals surface area contributed by atoms with Crippen LogP contribution < -0.4 is 0 Å². The highest BCUT2D eigenvalue weighted by Gasteiger charge is 2.15. The van der Waals surface area contributed by atoms with Crippen LogP contribution in [0.3, 0.4) is 0 Å². The second-order valence-electron chi connectivity index (χ2n) is 3.65. The summed E-state index contributed by atoms with van der Waals surface area (Å²) in [5.74, 6) is -0.240. The second kappa shape index (κ2) is 6.79. The van der Waals surface area contributed by atoms with E-state index in [1.165, 1.54) is 7.11 Å². The lowest BCUT2D eigenvalue weighted by atomic mass is 10.1. The molecule has 0 fully saturated rings. The van der Waals surface area contributed by atoms with E-state index in [9.17, 15) is 4.79 Å². The molecule has 0 aromatic heterocycles. The molecule has 0 aliphatic heterocycles. The number of ether oxygens (including phenoxy) is 3. The van der Waals surface area contributed by atoms with Gasteiger partial charge in [0.2, 0.25) is 0 Å². The second-order valence-corrected chi connectivity index (χ2v) is 3.65. The highest BCUT2D eigenvalue weighted by Crippen LogP contribution is 2.12. The smallest absolute Gasteiger partial charge is 0.307 e. The summed E-state index contributed by atoms with van der Waals surface area (Å²) in [7, 11) is 3.05. The molecular weight excluding hydrogens is 184 g/mol. The van der Waals surface area contributed by atoms with Crippen molar-refractivity contribution in [3.63, 3.8) is 0 Å². The zero-order valence-corrected chi connectivity index (χ0v) is 9.46. The first kappa shape index (κ1) is 13.4. The number of hydrogen-bond acceptors (Lipinski definition) is 4. The third-order valence-corrected chi connectivity index (χ3v) is 2.08. The molecule has 84 valence electrons. The summed E-state index contributed by atoms with van der Waals surface area (Å²) < 4.78 is 15.0. The fourth-order valence-electron chi connectivity index (χ4n) is 0.780. The Morgan fingerprint density at radius 2 is 1.86 bits per heavy atom. The van der Waals surface area contributed by atoms with E-state index in [0.717, 1.165) is 6.42 Å². The molecular formula is C10H20O4. The standard InChI is InChI=1S/C10H20O4/c1-10(2,13-4)6-8-14-7-5-9(11)12-3/h5-8H2,1-4H3. The van der Waals surface area contributed by atoms with Crippen LogP contribution in [-0.2, 0) is 19.0 Å². The van der Waals surface area contributed by atoms with Crippen LogP contribution in [0, 0.1) is 0 Å². The van der Waals surface area contributed by atoms with Crippen molar-refractivity contribution in [1.29, 1.82) is 0 Å². The van der Waals surface area contributed by atoms with Crippen molar-refractivity contribution < 1.29 is 19.0 Å². The quantitative estimate of drug-likeness (QED) is 0.464. The van der Waals surface area contributed by atoms with Crippen molar-refractivity contribution >= 4 is 5.97 Å². The van der Waals surface area contributed by atoms with E-state index in [0.29, 0.717) is 19.6 Å². The fraction of sp³-hybridized carbons (Fsp3) is 0.900. The minimum atomic E-state index is -0.240. The van der Waals surface area contributed by atoms with E-state index in [4.69, 9.17) is 9.47 Å². The minimum absolute atomic E-state index is 0.161. The zero-order valence-electron chi connectivity index (χ0n) is 9.46. The normalized spacial score (nSPS) is 11.4. The van der Waals surface area contributed by atoms with Gasteiger partial charge in [-0.3, -0.25) is 4.79 Å². The Morgan fingerprint density at radius 1 is 1.21 bits per heavy atom.